The Morgan fingerprint density at radius 2 is 1.70 bits per heavy atom. The van der Waals surface area contributed by atoms with Gasteiger partial charge in [0, 0.05) is 16.5 Å². The maximum atomic E-state index is 12.4. The molecule has 0 radical (unpaired) electrons. The summed E-state index contributed by atoms with van der Waals surface area (Å²) in [5.41, 5.74) is 2.00. The van der Waals surface area contributed by atoms with Crippen molar-refractivity contribution in [3.05, 3.63) is 52.4 Å². The summed E-state index contributed by atoms with van der Waals surface area (Å²) in [5, 5.41) is 5.49. The smallest absolute Gasteiger partial charge is 0.257 e. The predicted octanol–water partition coefficient (Wildman–Crippen LogP) is 4.74. The summed E-state index contributed by atoms with van der Waals surface area (Å²) in [7, 11) is 4.68. The number of anilines is 1. The summed E-state index contributed by atoms with van der Waals surface area (Å²) < 4.78 is 15.6. The first kappa shape index (κ1) is 19.0. The third kappa shape index (κ3) is 4.15. The van der Waals surface area contributed by atoms with Crippen molar-refractivity contribution >= 4 is 34.0 Å². The molecule has 0 saturated heterocycles. The van der Waals surface area contributed by atoms with Gasteiger partial charge in [0.05, 0.1) is 32.0 Å². The van der Waals surface area contributed by atoms with Gasteiger partial charge < -0.3 is 14.2 Å². The molecule has 0 aliphatic carbocycles. The predicted molar refractivity (Wildman–Crippen MR) is 107 cm³/mol. The number of hydrogen-bond acceptors (Lipinski definition) is 6. The van der Waals surface area contributed by atoms with Gasteiger partial charge in [0.2, 0.25) is 0 Å². The van der Waals surface area contributed by atoms with Crippen LogP contribution in [0.3, 0.4) is 0 Å². The average Bonchev–Trinajstić information content (AvgIpc) is 3.15. The minimum atomic E-state index is -0.298. The normalized spacial score (nSPS) is 10.4. The Bertz CT molecular complexity index is 974. The molecule has 1 N–H and O–H groups in total. The van der Waals surface area contributed by atoms with E-state index < -0.39 is 0 Å². The first-order valence-corrected chi connectivity index (χ1v) is 9.14. The molecule has 0 aliphatic heterocycles. The number of rotatable bonds is 6. The van der Waals surface area contributed by atoms with Crippen molar-refractivity contribution in [3.8, 4) is 28.5 Å². The van der Waals surface area contributed by atoms with Gasteiger partial charge in [-0.1, -0.05) is 11.6 Å². The first-order chi connectivity index (χ1) is 13.0. The molecule has 6 nitrogen and oxygen atoms in total. The van der Waals surface area contributed by atoms with Crippen molar-refractivity contribution in [1.29, 1.82) is 0 Å². The molecule has 0 atom stereocenters. The number of methoxy groups -OCH3 is 3. The number of benzene rings is 2. The zero-order valence-electron chi connectivity index (χ0n) is 14.9. The maximum Gasteiger partial charge on any atom is 0.257 e. The Balaban J connectivity index is 1.78. The summed E-state index contributed by atoms with van der Waals surface area (Å²) in [5.74, 6) is 1.47. The Kier molecular flexibility index (Phi) is 5.83. The molecule has 3 aromatic rings. The van der Waals surface area contributed by atoms with E-state index in [-0.39, 0.29) is 5.91 Å². The van der Waals surface area contributed by atoms with Crippen LogP contribution in [0, 0.1) is 0 Å². The van der Waals surface area contributed by atoms with Crippen LogP contribution in [0.1, 0.15) is 10.4 Å². The van der Waals surface area contributed by atoms with Gasteiger partial charge in [-0.2, -0.15) is 0 Å². The summed E-state index contributed by atoms with van der Waals surface area (Å²) in [6.07, 6.45) is 0. The van der Waals surface area contributed by atoms with Gasteiger partial charge >= 0.3 is 0 Å². The quantitative estimate of drug-likeness (QED) is 0.642. The summed E-state index contributed by atoms with van der Waals surface area (Å²) in [6, 6.07) is 10.4. The highest BCUT2D eigenvalue weighted by atomic mass is 35.5. The number of amides is 1. The van der Waals surface area contributed by atoms with E-state index in [0.29, 0.717) is 33.0 Å². The number of nitrogens with one attached hydrogen (secondary N) is 1. The molecule has 8 heteroatoms. The number of hydrogen-bond donors (Lipinski definition) is 1. The van der Waals surface area contributed by atoms with E-state index >= 15 is 0 Å². The van der Waals surface area contributed by atoms with Crippen LogP contribution in [0.25, 0.3) is 11.3 Å². The molecule has 2 aromatic carbocycles. The van der Waals surface area contributed by atoms with Crippen molar-refractivity contribution < 1.29 is 19.0 Å². The summed E-state index contributed by atoms with van der Waals surface area (Å²) >= 11 is 7.40. The largest absolute Gasteiger partial charge is 0.495 e. The lowest BCUT2D eigenvalue weighted by Gasteiger charge is -2.08. The van der Waals surface area contributed by atoms with E-state index in [9.17, 15) is 4.79 Å². The van der Waals surface area contributed by atoms with E-state index in [1.54, 1.807) is 32.4 Å². The van der Waals surface area contributed by atoms with Gasteiger partial charge in [-0.15, -0.1) is 11.3 Å². The minimum absolute atomic E-state index is 0.298. The van der Waals surface area contributed by atoms with Gasteiger partial charge in [0.1, 0.15) is 5.75 Å². The SMILES string of the molecule is COc1ccc(C(=O)Nc2nc(-c3ccc(OC)c(OC)c3)cs2)cc1Cl. The molecule has 0 aliphatic rings. The molecule has 0 unspecified atom stereocenters. The molecule has 0 saturated carbocycles. The van der Waals surface area contributed by atoms with Crippen LogP contribution in [0.5, 0.6) is 17.2 Å². The van der Waals surface area contributed by atoms with Gasteiger partial charge in [-0.25, -0.2) is 4.98 Å². The Morgan fingerprint density at radius 3 is 2.37 bits per heavy atom. The third-order valence-electron chi connectivity index (χ3n) is 3.82. The standard InChI is InChI=1S/C19H17ClN2O4S/c1-24-15-6-5-12(8-13(15)20)18(23)22-19-21-14(10-27-19)11-4-7-16(25-2)17(9-11)26-3/h4-10H,1-3H3,(H,21,22,23). The van der Waals surface area contributed by atoms with Crippen LogP contribution >= 0.6 is 22.9 Å². The number of carbonyl (C=O) groups excluding carboxylic acids is 1. The zero-order valence-corrected chi connectivity index (χ0v) is 16.5. The van der Waals surface area contributed by atoms with E-state index in [4.69, 9.17) is 25.8 Å². The molecule has 27 heavy (non-hydrogen) atoms. The maximum absolute atomic E-state index is 12.4. The number of nitrogens with zero attached hydrogens (tertiary/aromatic N) is 1. The van der Waals surface area contributed by atoms with Crippen molar-refractivity contribution in [2.24, 2.45) is 0 Å². The molecule has 0 spiro atoms. The molecular weight excluding hydrogens is 388 g/mol. The lowest BCUT2D eigenvalue weighted by atomic mass is 10.1. The van der Waals surface area contributed by atoms with Gasteiger partial charge in [0.15, 0.2) is 16.6 Å². The van der Waals surface area contributed by atoms with E-state index in [0.717, 1.165) is 11.3 Å². The zero-order chi connectivity index (χ0) is 19.4. The van der Waals surface area contributed by atoms with Crippen LogP contribution in [0.4, 0.5) is 5.13 Å². The highest BCUT2D eigenvalue weighted by molar-refractivity contribution is 7.14. The van der Waals surface area contributed by atoms with Gasteiger partial charge in [-0.3, -0.25) is 10.1 Å². The van der Waals surface area contributed by atoms with E-state index in [1.165, 1.54) is 18.4 Å². The topological polar surface area (TPSA) is 69.7 Å². The Morgan fingerprint density at radius 1 is 1.00 bits per heavy atom. The molecule has 1 heterocycles. The first-order valence-electron chi connectivity index (χ1n) is 7.88. The summed E-state index contributed by atoms with van der Waals surface area (Å²) in [6.45, 7) is 0. The fourth-order valence-electron chi connectivity index (χ4n) is 2.44. The molecule has 0 bridgehead atoms. The van der Waals surface area contributed by atoms with Crippen LogP contribution in [0.15, 0.2) is 41.8 Å². The molecule has 3 rings (SSSR count). The van der Waals surface area contributed by atoms with E-state index in [1.807, 2.05) is 23.6 Å². The minimum Gasteiger partial charge on any atom is -0.495 e. The number of carbonyl (C=O) groups is 1. The molecule has 1 amide bonds. The molecule has 140 valence electrons. The Labute approximate surface area is 165 Å². The number of halogens is 1. The van der Waals surface area contributed by atoms with Crippen LogP contribution in [0.2, 0.25) is 5.02 Å². The second-order valence-corrected chi connectivity index (χ2v) is 6.68. The van der Waals surface area contributed by atoms with E-state index in [2.05, 4.69) is 10.3 Å². The van der Waals surface area contributed by atoms with Gasteiger partial charge in [0.25, 0.3) is 5.91 Å². The molecule has 1 aromatic heterocycles. The fraction of sp³-hybridized carbons (Fsp3) is 0.158. The van der Waals surface area contributed by atoms with Crippen LogP contribution < -0.4 is 19.5 Å². The highest BCUT2D eigenvalue weighted by Gasteiger charge is 2.13. The summed E-state index contributed by atoms with van der Waals surface area (Å²) in [4.78, 5) is 16.9. The number of aromatic nitrogens is 1. The second kappa shape index (κ2) is 8.28. The lowest BCUT2D eigenvalue weighted by Crippen LogP contribution is -2.11. The average molecular weight is 405 g/mol. The number of ether oxygens (including phenoxy) is 3. The molecular formula is C19H17ClN2O4S. The van der Waals surface area contributed by atoms with Crippen LogP contribution in [-0.2, 0) is 0 Å². The van der Waals surface area contributed by atoms with Crippen molar-refractivity contribution in [2.75, 3.05) is 26.6 Å². The van der Waals surface area contributed by atoms with Crippen molar-refractivity contribution in [3.63, 3.8) is 0 Å². The molecule has 0 fully saturated rings. The van der Waals surface area contributed by atoms with Gasteiger partial charge in [-0.05, 0) is 36.4 Å². The highest BCUT2D eigenvalue weighted by Crippen LogP contribution is 2.33. The second-order valence-electron chi connectivity index (χ2n) is 5.41. The Hall–Kier alpha value is -2.77. The third-order valence-corrected chi connectivity index (χ3v) is 4.87. The van der Waals surface area contributed by atoms with Crippen LogP contribution in [-0.4, -0.2) is 32.2 Å². The monoisotopic (exact) mass is 404 g/mol. The van der Waals surface area contributed by atoms with Crippen molar-refractivity contribution in [1.82, 2.24) is 4.98 Å². The lowest BCUT2D eigenvalue weighted by molar-refractivity contribution is 0.102. The fourth-order valence-corrected chi connectivity index (χ4v) is 3.41. The number of thiazole rings is 1. The van der Waals surface area contributed by atoms with Crippen molar-refractivity contribution in [2.45, 2.75) is 0 Å².